The van der Waals surface area contributed by atoms with Crippen molar-refractivity contribution in [2.24, 2.45) is 12.8 Å². The van der Waals surface area contributed by atoms with E-state index in [0.29, 0.717) is 6.42 Å². The van der Waals surface area contributed by atoms with Gasteiger partial charge < -0.3 is 10.6 Å². The molecule has 1 fully saturated rings. The lowest BCUT2D eigenvalue weighted by Crippen LogP contribution is -2.38. The minimum absolute atomic E-state index is 0.0475. The van der Waals surface area contributed by atoms with Crippen LogP contribution in [-0.2, 0) is 11.8 Å². The zero-order valence-corrected chi connectivity index (χ0v) is 10.8. The lowest BCUT2D eigenvalue weighted by Gasteiger charge is -2.30. The summed E-state index contributed by atoms with van der Waals surface area (Å²) < 4.78 is 1.83. The summed E-state index contributed by atoms with van der Waals surface area (Å²) in [5, 5.41) is 4.33. The van der Waals surface area contributed by atoms with Gasteiger partial charge in [-0.25, -0.2) is 0 Å². The Morgan fingerprint density at radius 3 is 2.65 bits per heavy atom. The van der Waals surface area contributed by atoms with Crippen LogP contribution in [0.1, 0.15) is 37.7 Å². The molecule has 1 saturated heterocycles. The van der Waals surface area contributed by atoms with Crippen molar-refractivity contribution < 1.29 is 4.79 Å². The molecule has 0 aromatic carbocycles. The molecule has 2 atom stereocenters. The lowest BCUT2D eigenvalue weighted by molar-refractivity contribution is -0.130. The molecule has 94 valence electrons. The number of rotatable bonds is 2. The second-order valence-electron chi connectivity index (χ2n) is 5.04. The number of nitrogens with two attached hydrogens (primary N) is 1. The van der Waals surface area contributed by atoms with E-state index in [9.17, 15) is 4.79 Å². The summed E-state index contributed by atoms with van der Waals surface area (Å²) in [6.07, 6.45) is 0.424. The molecule has 1 aromatic heterocycles. The molecule has 2 heterocycles. The third kappa shape index (κ3) is 1.95. The van der Waals surface area contributed by atoms with Crippen molar-refractivity contribution in [3.05, 3.63) is 17.5 Å². The van der Waals surface area contributed by atoms with Crippen LogP contribution in [0.4, 0.5) is 0 Å². The third-order valence-electron chi connectivity index (χ3n) is 3.30. The lowest BCUT2D eigenvalue weighted by atomic mass is 10.1. The molecule has 0 bridgehead atoms. The van der Waals surface area contributed by atoms with Crippen LogP contribution in [0.15, 0.2) is 6.07 Å². The average Bonchev–Trinajstić information content (AvgIpc) is 2.66. The van der Waals surface area contributed by atoms with Crippen LogP contribution < -0.4 is 5.73 Å². The van der Waals surface area contributed by atoms with Crippen molar-refractivity contribution in [3.63, 3.8) is 0 Å². The molecule has 0 saturated carbocycles. The van der Waals surface area contributed by atoms with Gasteiger partial charge in [0.25, 0.3) is 0 Å². The van der Waals surface area contributed by atoms with E-state index >= 15 is 0 Å². The summed E-state index contributed by atoms with van der Waals surface area (Å²) in [5.41, 5.74) is 8.08. The van der Waals surface area contributed by atoms with Crippen LogP contribution in [0.5, 0.6) is 0 Å². The Labute approximate surface area is 102 Å². The minimum atomic E-state index is -0.139. The number of aromatic nitrogens is 2. The fourth-order valence-corrected chi connectivity index (χ4v) is 2.66. The second-order valence-corrected chi connectivity index (χ2v) is 5.04. The normalized spacial score (nSPS) is 25.1. The number of amides is 1. The van der Waals surface area contributed by atoms with Gasteiger partial charge in [0, 0.05) is 25.6 Å². The fourth-order valence-electron chi connectivity index (χ4n) is 2.66. The van der Waals surface area contributed by atoms with Gasteiger partial charge in [-0.1, -0.05) is 0 Å². The summed E-state index contributed by atoms with van der Waals surface area (Å²) in [5.74, 6) is 0.136. The van der Waals surface area contributed by atoms with Gasteiger partial charge in [0.1, 0.15) is 0 Å². The highest BCUT2D eigenvalue weighted by Gasteiger charge is 2.41. The van der Waals surface area contributed by atoms with Gasteiger partial charge in [0.05, 0.1) is 17.4 Å². The van der Waals surface area contributed by atoms with Gasteiger partial charge in [-0.15, -0.1) is 0 Å². The van der Waals surface area contributed by atoms with Crippen LogP contribution in [0.3, 0.4) is 0 Å². The third-order valence-corrected chi connectivity index (χ3v) is 3.30. The molecule has 0 aliphatic carbocycles. The van der Waals surface area contributed by atoms with Crippen LogP contribution in [0, 0.1) is 6.92 Å². The molecule has 1 amide bonds. The Morgan fingerprint density at radius 2 is 2.18 bits per heavy atom. The highest BCUT2D eigenvalue weighted by atomic mass is 16.2. The molecule has 1 aliphatic rings. The quantitative estimate of drug-likeness (QED) is 0.823. The average molecular weight is 236 g/mol. The molecule has 5 heteroatoms. The molecule has 1 aromatic rings. The van der Waals surface area contributed by atoms with Crippen molar-refractivity contribution in [1.82, 2.24) is 14.7 Å². The van der Waals surface area contributed by atoms with Gasteiger partial charge >= 0.3 is 0 Å². The first-order valence-electron chi connectivity index (χ1n) is 5.99. The van der Waals surface area contributed by atoms with Crippen LogP contribution in [0.25, 0.3) is 0 Å². The summed E-state index contributed by atoms with van der Waals surface area (Å²) in [6.45, 7) is 5.99. The Morgan fingerprint density at radius 1 is 1.53 bits per heavy atom. The zero-order chi connectivity index (χ0) is 12.7. The van der Waals surface area contributed by atoms with E-state index in [1.807, 2.05) is 43.5 Å². The van der Waals surface area contributed by atoms with Crippen molar-refractivity contribution >= 4 is 5.91 Å². The zero-order valence-electron chi connectivity index (χ0n) is 10.8. The van der Waals surface area contributed by atoms with Crippen LogP contribution >= 0.6 is 0 Å². The standard InChI is InChI=1S/C12H20N4O/c1-7(2)16-11(17)6-9(13)12(16)10-5-8(3)14-15(10)4/h5,7,9,12H,6,13H2,1-4H3/t9-,12-/m0/s1. The molecule has 5 nitrogen and oxygen atoms in total. The monoisotopic (exact) mass is 236 g/mol. The molecule has 0 spiro atoms. The number of nitrogens with zero attached hydrogens (tertiary/aromatic N) is 3. The molecule has 17 heavy (non-hydrogen) atoms. The molecular formula is C12H20N4O. The van der Waals surface area contributed by atoms with E-state index in [1.54, 1.807) is 0 Å². The first-order valence-corrected chi connectivity index (χ1v) is 5.99. The van der Waals surface area contributed by atoms with Crippen molar-refractivity contribution in [2.45, 2.75) is 45.3 Å². The maximum atomic E-state index is 11.9. The maximum absolute atomic E-state index is 11.9. The maximum Gasteiger partial charge on any atom is 0.225 e. The van der Waals surface area contributed by atoms with Crippen molar-refractivity contribution in [3.8, 4) is 0 Å². The Hall–Kier alpha value is -1.36. The topological polar surface area (TPSA) is 64.2 Å². The second kappa shape index (κ2) is 4.14. The first kappa shape index (κ1) is 12.1. The summed E-state index contributed by atoms with van der Waals surface area (Å²) >= 11 is 0. The highest BCUT2D eigenvalue weighted by Crippen LogP contribution is 2.33. The largest absolute Gasteiger partial charge is 0.330 e. The van der Waals surface area contributed by atoms with E-state index in [2.05, 4.69) is 5.10 Å². The molecule has 1 aliphatic heterocycles. The Bertz CT molecular complexity index is 438. The van der Waals surface area contributed by atoms with E-state index in [0.717, 1.165) is 11.4 Å². The SMILES string of the molecule is Cc1cc([C@@H]2[C@@H](N)CC(=O)N2C(C)C)n(C)n1. The van der Waals surface area contributed by atoms with Gasteiger partial charge in [0.15, 0.2) is 0 Å². The predicted octanol–water partition coefficient (Wildman–Crippen LogP) is 0.738. The summed E-state index contributed by atoms with van der Waals surface area (Å²) in [7, 11) is 1.90. The molecule has 0 radical (unpaired) electrons. The van der Waals surface area contributed by atoms with Crippen LogP contribution in [-0.4, -0.2) is 32.7 Å². The molecular weight excluding hydrogens is 216 g/mol. The van der Waals surface area contributed by atoms with Crippen molar-refractivity contribution in [2.75, 3.05) is 0 Å². The minimum Gasteiger partial charge on any atom is -0.330 e. The van der Waals surface area contributed by atoms with E-state index in [-0.39, 0.29) is 24.0 Å². The van der Waals surface area contributed by atoms with Gasteiger partial charge in [0.2, 0.25) is 5.91 Å². The Balaban J connectivity index is 2.41. The highest BCUT2D eigenvalue weighted by molar-refractivity contribution is 5.80. The van der Waals surface area contributed by atoms with Gasteiger partial charge in [-0.3, -0.25) is 9.48 Å². The van der Waals surface area contributed by atoms with Crippen LogP contribution in [0.2, 0.25) is 0 Å². The number of hydrogen-bond donors (Lipinski definition) is 1. The molecule has 2 rings (SSSR count). The van der Waals surface area contributed by atoms with Gasteiger partial charge in [-0.2, -0.15) is 5.10 Å². The first-order chi connectivity index (χ1) is 7.91. The summed E-state index contributed by atoms with van der Waals surface area (Å²) in [6, 6.07) is 1.99. The number of aryl methyl sites for hydroxylation is 2. The fraction of sp³-hybridized carbons (Fsp3) is 0.667. The van der Waals surface area contributed by atoms with E-state index < -0.39 is 0 Å². The number of carbonyl (C=O) groups is 1. The predicted molar refractivity (Wildman–Crippen MR) is 65.3 cm³/mol. The number of hydrogen-bond acceptors (Lipinski definition) is 3. The van der Waals surface area contributed by atoms with E-state index in [4.69, 9.17) is 5.73 Å². The smallest absolute Gasteiger partial charge is 0.225 e. The number of carbonyl (C=O) groups excluding carboxylic acids is 1. The van der Waals surface area contributed by atoms with E-state index in [1.165, 1.54) is 0 Å². The number of likely N-dealkylation sites (tertiary alicyclic amines) is 1. The Kier molecular flexibility index (Phi) is 2.95. The van der Waals surface area contributed by atoms with Crippen molar-refractivity contribution in [1.29, 1.82) is 0 Å². The summed E-state index contributed by atoms with van der Waals surface area (Å²) in [4.78, 5) is 13.8. The van der Waals surface area contributed by atoms with Gasteiger partial charge in [-0.05, 0) is 26.8 Å². The molecule has 0 unspecified atom stereocenters. The molecule has 2 N–H and O–H groups in total.